The van der Waals surface area contributed by atoms with E-state index >= 15 is 0 Å². The van der Waals surface area contributed by atoms with Crippen LogP contribution in [-0.4, -0.2) is 5.78 Å². The van der Waals surface area contributed by atoms with E-state index in [1.807, 2.05) is 19.9 Å². The Morgan fingerprint density at radius 2 is 2.00 bits per heavy atom. The first-order valence-corrected chi connectivity index (χ1v) is 8.66. The molecule has 1 aliphatic carbocycles. The predicted octanol–water partition coefficient (Wildman–Crippen LogP) is 4.96. The van der Waals surface area contributed by atoms with Crippen LogP contribution in [0.2, 0.25) is 0 Å². The smallest absolute Gasteiger partial charge is 0.159 e. The van der Waals surface area contributed by atoms with E-state index in [0.29, 0.717) is 6.42 Å². The normalized spacial score (nSPS) is 17.0. The number of Topliss-reactive ketones (excluding diaryl/α,β-unsaturated/α-hetero) is 1. The summed E-state index contributed by atoms with van der Waals surface area (Å²) in [6.45, 7) is 8.30. The van der Waals surface area contributed by atoms with Crippen molar-refractivity contribution in [3.05, 3.63) is 52.6 Å². The Morgan fingerprint density at radius 1 is 1.33 bits per heavy atom. The lowest BCUT2D eigenvalue weighted by atomic mass is 9.72. The highest BCUT2D eigenvalue weighted by Crippen LogP contribution is 2.38. The second-order valence-electron chi connectivity index (χ2n) is 6.85. The summed E-state index contributed by atoms with van der Waals surface area (Å²) in [5, 5.41) is 1.22. The molecule has 128 valence electrons. The number of hydrogen-bond donors (Lipinski definition) is 0. The molecule has 0 bridgehead atoms. The van der Waals surface area contributed by atoms with Gasteiger partial charge in [0.15, 0.2) is 5.78 Å². The highest BCUT2D eigenvalue weighted by Gasteiger charge is 2.31. The van der Waals surface area contributed by atoms with E-state index in [0.717, 1.165) is 29.6 Å². The standard InChI is InChI=1S/C21H25OP.BrH/c1-15(9-11-17-7-5-6-8-20(17)23)10-12-18-16(2)19(22)13-14-21(18,3)4;/h5-9H,11,13-14,23H2,1-4H3;1H. The molecule has 1 nitrogen and oxygen atoms in total. The lowest BCUT2D eigenvalue weighted by Gasteiger charge is -2.30. The molecule has 0 aliphatic heterocycles. The van der Waals surface area contributed by atoms with E-state index < -0.39 is 0 Å². The second kappa shape index (κ2) is 8.80. The largest absolute Gasteiger partial charge is 0.295 e. The minimum absolute atomic E-state index is 0. The molecule has 2 rings (SSSR count). The van der Waals surface area contributed by atoms with Crippen LogP contribution in [0.4, 0.5) is 0 Å². The average Bonchev–Trinajstić information content (AvgIpc) is 2.50. The Bertz CT molecular complexity index is 745. The van der Waals surface area contributed by atoms with Crippen molar-refractivity contribution in [1.82, 2.24) is 0 Å². The van der Waals surface area contributed by atoms with Crippen molar-refractivity contribution in [3.63, 3.8) is 0 Å². The van der Waals surface area contributed by atoms with Crippen molar-refractivity contribution in [3.8, 4) is 11.8 Å². The van der Waals surface area contributed by atoms with Crippen molar-refractivity contribution in [1.29, 1.82) is 0 Å². The first-order chi connectivity index (χ1) is 10.8. The summed E-state index contributed by atoms with van der Waals surface area (Å²) in [4.78, 5) is 11.9. The van der Waals surface area contributed by atoms with Crippen molar-refractivity contribution in [2.45, 2.75) is 47.0 Å². The van der Waals surface area contributed by atoms with Gasteiger partial charge in [-0.3, -0.25) is 4.79 Å². The zero-order valence-corrected chi connectivity index (χ0v) is 17.8. The molecule has 0 radical (unpaired) electrons. The van der Waals surface area contributed by atoms with Gasteiger partial charge in [0.05, 0.1) is 0 Å². The van der Waals surface area contributed by atoms with Gasteiger partial charge >= 0.3 is 0 Å². The van der Waals surface area contributed by atoms with Crippen molar-refractivity contribution in [2.24, 2.45) is 5.41 Å². The third-order valence-corrected chi connectivity index (χ3v) is 5.08. The van der Waals surface area contributed by atoms with Gasteiger partial charge in [-0.25, -0.2) is 0 Å². The molecule has 1 aromatic rings. The number of allylic oxidation sites excluding steroid dienone is 4. The highest BCUT2D eigenvalue weighted by molar-refractivity contribution is 8.93. The first kappa shape index (κ1) is 20.9. The van der Waals surface area contributed by atoms with Crippen LogP contribution in [0.15, 0.2) is 47.1 Å². The summed E-state index contributed by atoms with van der Waals surface area (Å²) >= 11 is 0. The van der Waals surface area contributed by atoms with Gasteiger partial charge in [0.1, 0.15) is 0 Å². The Hall–Kier alpha value is -1.16. The fourth-order valence-electron chi connectivity index (χ4n) is 2.84. The molecule has 0 N–H and O–H groups in total. The third kappa shape index (κ3) is 5.17. The van der Waals surface area contributed by atoms with Gasteiger partial charge in [0, 0.05) is 17.6 Å². The Balaban J connectivity index is 0.00000288. The zero-order valence-electron chi connectivity index (χ0n) is 14.9. The van der Waals surface area contributed by atoms with Crippen LogP contribution in [0, 0.1) is 17.3 Å². The van der Waals surface area contributed by atoms with E-state index in [1.165, 1.54) is 10.9 Å². The number of hydrogen-bond acceptors (Lipinski definition) is 1. The first-order valence-electron chi connectivity index (χ1n) is 8.08. The third-order valence-electron chi connectivity index (χ3n) is 4.52. The highest BCUT2D eigenvalue weighted by atomic mass is 79.9. The van der Waals surface area contributed by atoms with E-state index in [-0.39, 0.29) is 28.2 Å². The van der Waals surface area contributed by atoms with Crippen LogP contribution >= 0.6 is 26.2 Å². The number of carbonyl (C=O) groups excluding carboxylic acids is 1. The van der Waals surface area contributed by atoms with Gasteiger partial charge in [-0.05, 0) is 48.5 Å². The Kier molecular flexibility index (Phi) is 7.65. The monoisotopic (exact) mass is 404 g/mol. The molecule has 0 spiro atoms. The lowest BCUT2D eigenvalue weighted by Crippen LogP contribution is -2.24. The van der Waals surface area contributed by atoms with Gasteiger partial charge in [0.25, 0.3) is 0 Å². The summed E-state index contributed by atoms with van der Waals surface area (Å²) in [5.41, 5.74) is 4.19. The van der Waals surface area contributed by atoms with Gasteiger partial charge in [-0.1, -0.05) is 56.0 Å². The second-order valence-corrected chi connectivity index (χ2v) is 7.47. The number of carbonyl (C=O) groups is 1. The van der Waals surface area contributed by atoms with Crippen molar-refractivity contribution >= 4 is 37.3 Å². The fraction of sp³-hybridized carbons (Fsp3) is 0.381. The number of benzene rings is 1. The quantitative estimate of drug-likeness (QED) is 0.502. The lowest BCUT2D eigenvalue weighted by molar-refractivity contribution is -0.116. The maximum atomic E-state index is 11.9. The summed E-state index contributed by atoms with van der Waals surface area (Å²) in [7, 11) is 2.77. The maximum Gasteiger partial charge on any atom is 0.159 e. The number of ketones is 1. The summed E-state index contributed by atoms with van der Waals surface area (Å²) in [6, 6.07) is 8.33. The Labute approximate surface area is 159 Å². The summed E-state index contributed by atoms with van der Waals surface area (Å²) in [5.74, 6) is 6.76. The fourth-order valence-corrected chi connectivity index (χ4v) is 3.17. The molecule has 0 amide bonds. The molecule has 24 heavy (non-hydrogen) atoms. The molecule has 0 saturated heterocycles. The average molecular weight is 405 g/mol. The van der Waals surface area contributed by atoms with E-state index in [2.05, 4.69) is 59.2 Å². The Morgan fingerprint density at radius 3 is 2.67 bits per heavy atom. The van der Waals surface area contributed by atoms with E-state index in [4.69, 9.17) is 0 Å². The molecule has 1 unspecified atom stereocenters. The molecule has 0 aromatic heterocycles. The number of rotatable bonds is 2. The molecule has 1 atom stereocenters. The molecule has 0 heterocycles. The molecule has 3 heteroatoms. The van der Waals surface area contributed by atoms with Crippen LogP contribution in [-0.2, 0) is 11.2 Å². The van der Waals surface area contributed by atoms with Crippen molar-refractivity contribution in [2.75, 3.05) is 0 Å². The maximum absolute atomic E-state index is 11.9. The minimum Gasteiger partial charge on any atom is -0.295 e. The zero-order chi connectivity index (χ0) is 17.0. The van der Waals surface area contributed by atoms with Crippen LogP contribution in [0.25, 0.3) is 0 Å². The van der Waals surface area contributed by atoms with Gasteiger partial charge in [-0.15, -0.1) is 26.2 Å². The van der Waals surface area contributed by atoms with Crippen molar-refractivity contribution < 1.29 is 4.79 Å². The molecule has 0 saturated carbocycles. The SMILES string of the molecule is Br.CC(C#CC1=C(C)C(=O)CCC1(C)C)=CCc1ccccc1P. The van der Waals surface area contributed by atoms with Crippen LogP contribution in [0.1, 0.15) is 46.1 Å². The minimum atomic E-state index is -0.00205. The van der Waals surface area contributed by atoms with E-state index in [9.17, 15) is 4.79 Å². The van der Waals surface area contributed by atoms with Crippen LogP contribution in [0.5, 0.6) is 0 Å². The molecule has 1 aliphatic rings. The molecular formula is C21H26BrOP. The molecule has 0 fully saturated rings. The van der Waals surface area contributed by atoms with Gasteiger partial charge < -0.3 is 0 Å². The van der Waals surface area contributed by atoms with Crippen LogP contribution < -0.4 is 5.30 Å². The molecular weight excluding hydrogens is 379 g/mol. The van der Waals surface area contributed by atoms with Gasteiger partial charge in [-0.2, -0.15) is 0 Å². The summed E-state index contributed by atoms with van der Waals surface area (Å²) < 4.78 is 0. The molecule has 1 aromatic carbocycles. The number of halogens is 1. The summed E-state index contributed by atoms with van der Waals surface area (Å²) in [6.07, 6.45) is 4.56. The van der Waals surface area contributed by atoms with Gasteiger partial charge in [0.2, 0.25) is 0 Å². The van der Waals surface area contributed by atoms with E-state index in [1.54, 1.807) is 0 Å². The topological polar surface area (TPSA) is 17.1 Å². The van der Waals surface area contributed by atoms with Crippen LogP contribution in [0.3, 0.4) is 0 Å². The predicted molar refractivity (Wildman–Crippen MR) is 112 cm³/mol.